The van der Waals surface area contributed by atoms with Gasteiger partial charge in [0.25, 0.3) is 41.9 Å². The van der Waals surface area contributed by atoms with E-state index in [2.05, 4.69) is 0 Å². The molecule has 0 atom stereocenters. The quantitative estimate of drug-likeness (QED) is 0.131. The van der Waals surface area contributed by atoms with Crippen molar-refractivity contribution in [1.29, 1.82) is 0 Å². The second kappa shape index (κ2) is 23.0. The summed E-state index contributed by atoms with van der Waals surface area (Å²) < 4.78 is 0. The molecule has 6 aromatic rings. The third-order valence-electron chi connectivity index (χ3n) is 7.51. The molecule has 16 heteroatoms. The molecule has 0 aliphatic heterocycles. The molecule has 294 valence electrons. The summed E-state index contributed by atoms with van der Waals surface area (Å²) in [6.07, 6.45) is 0. The molecule has 0 aromatic heterocycles. The molecule has 58 heavy (non-hydrogen) atoms. The second-order valence-corrected chi connectivity index (χ2v) is 14.0. The van der Waals surface area contributed by atoms with E-state index in [0.29, 0.717) is 33.4 Å². The van der Waals surface area contributed by atoms with Gasteiger partial charge in [-0.2, -0.15) is 0 Å². The van der Waals surface area contributed by atoms with Gasteiger partial charge in [0.2, 0.25) is 0 Å². The number of carbonyl (C=O) groups excluding carboxylic acids is 8. The Kier molecular flexibility index (Phi) is 18.9. The topological polar surface area (TPSA) is 137 Å². The van der Waals surface area contributed by atoms with Crippen molar-refractivity contribution in [2.45, 2.75) is 0 Å². The van der Waals surface area contributed by atoms with Crippen LogP contribution in [0.25, 0.3) is 21.9 Å². The first kappa shape index (κ1) is 47.6. The van der Waals surface area contributed by atoms with Crippen LogP contribution in [0.5, 0.6) is 0 Å². The minimum atomic E-state index is -0.602. The van der Waals surface area contributed by atoms with Gasteiger partial charge >= 0.3 is 0 Å². The lowest BCUT2D eigenvalue weighted by Crippen LogP contribution is -1.93. The van der Waals surface area contributed by atoms with E-state index in [-0.39, 0.29) is 11.1 Å². The summed E-state index contributed by atoms with van der Waals surface area (Å²) in [7, 11) is 0. The van der Waals surface area contributed by atoms with E-state index >= 15 is 0 Å². The Hall–Kier alpha value is -4.74. The van der Waals surface area contributed by atoms with Gasteiger partial charge in [-0.15, -0.1) is 0 Å². The Morgan fingerprint density at radius 1 is 0.241 bits per heavy atom. The van der Waals surface area contributed by atoms with Gasteiger partial charge in [0.1, 0.15) is 0 Å². The number of hydrogen-bond acceptors (Lipinski definition) is 8. The summed E-state index contributed by atoms with van der Waals surface area (Å²) in [6, 6.07) is 35.6. The third-order valence-corrected chi connectivity index (χ3v) is 9.25. The fourth-order valence-corrected chi connectivity index (χ4v) is 5.55. The standard InChI is InChI=1S/C14H8Cl2O2.C12H6Cl2O2.2C8H4Cl2O2/c15-13(17)11-5-1-9(2-6-11)10-3-7-12(8-4-10)14(16)18;13-11(15)9-3-1-7-5-10(12(14)16)4-2-8(7)6-9;9-7(11)5-1-2-6(4-3-5)8(10)12;9-7(11)5-2-1-3-6(4-5)8(10)12/h1-8H;1-6H;2*1-4H. The zero-order valence-corrected chi connectivity index (χ0v) is 35.0. The van der Waals surface area contributed by atoms with Crippen molar-refractivity contribution in [3.8, 4) is 11.1 Å². The lowest BCUT2D eigenvalue weighted by atomic mass is 10.0. The van der Waals surface area contributed by atoms with Crippen molar-refractivity contribution >= 4 is 146 Å². The van der Waals surface area contributed by atoms with Crippen molar-refractivity contribution in [3.63, 3.8) is 0 Å². The first-order chi connectivity index (χ1) is 27.4. The Bertz CT molecular complexity index is 2350. The third kappa shape index (κ3) is 14.9. The number of benzene rings is 6. The van der Waals surface area contributed by atoms with Gasteiger partial charge in [-0.3, -0.25) is 38.4 Å². The number of rotatable bonds is 9. The smallest absolute Gasteiger partial charge is 0.252 e. The van der Waals surface area contributed by atoms with Crippen molar-refractivity contribution in [1.82, 2.24) is 0 Å². The Morgan fingerprint density at radius 3 is 0.690 bits per heavy atom. The first-order valence-corrected chi connectivity index (χ1v) is 18.9. The number of fused-ring (bicyclic) bond motifs is 1. The van der Waals surface area contributed by atoms with Gasteiger partial charge in [0.05, 0.1) is 0 Å². The number of hydrogen-bond donors (Lipinski definition) is 0. The molecule has 0 bridgehead atoms. The summed E-state index contributed by atoms with van der Waals surface area (Å²) in [4.78, 5) is 86.2. The molecule has 0 spiro atoms. The molecule has 0 saturated carbocycles. The first-order valence-electron chi connectivity index (χ1n) is 15.9. The number of halogens is 8. The van der Waals surface area contributed by atoms with E-state index in [1.54, 1.807) is 91.0 Å². The van der Waals surface area contributed by atoms with Gasteiger partial charge in [0.15, 0.2) is 0 Å². The fourth-order valence-electron chi connectivity index (χ4n) is 4.57. The second-order valence-electron chi connectivity index (χ2n) is 11.3. The van der Waals surface area contributed by atoms with Gasteiger partial charge in [-0.25, -0.2) is 0 Å². The van der Waals surface area contributed by atoms with Crippen LogP contribution in [-0.2, 0) is 0 Å². The van der Waals surface area contributed by atoms with E-state index in [1.807, 2.05) is 0 Å². The monoisotopic (exact) mass is 934 g/mol. The molecule has 0 unspecified atom stereocenters. The van der Waals surface area contributed by atoms with Crippen LogP contribution in [0.1, 0.15) is 82.9 Å². The molecule has 0 amide bonds. The van der Waals surface area contributed by atoms with Crippen LogP contribution in [0, 0.1) is 0 Å². The minimum Gasteiger partial charge on any atom is -0.276 e. The summed E-state index contributed by atoms with van der Waals surface area (Å²) in [6.45, 7) is 0. The molecule has 8 nitrogen and oxygen atoms in total. The molecule has 0 radical (unpaired) electrons. The predicted octanol–water partition coefficient (Wildman–Crippen LogP) is 12.6. The molecule has 6 rings (SSSR count). The Morgan fingerprint density at radius 2 is 0.448 bits per heavy atom. The average molecular weight is 938 g/mol. The van der Waals surface area contributed by atoms with Crippen LogP contribution in [-0.4, -0.2) is 41.9 Å². The Balaban J connectivity index is 0.000000210. The van der Waals surface area contributed by atoms with Crippen LogP contribution < -0.4 is 0 Å². The van der Waals surface area contributed by atoms with Crippen LogP contribution in [0.2, 0.25) is 0 Å². The number of carbonyl (C=O) groups is 8. The molecule has 0 heterocycles. The highest BCUT2D eigenvalue weighted by Crippen LogP contribution is 2.22. The maximum absolute atomic E-state index is 11.0. The normalized spacial score (nSPS) is 9.93. The summed E-state index contributed by atoms with van der Waals surface area (Å²) in [5.74, 6) is 0. The van der Waals surface area contributed by atoms with Crippen molar-refractivity contribution in [2.75, 3.05) is 0 Å². The van der Waals surface area contributed by atoms with E-state index in [0.717, 1.165) is 21.9 Å². The van der Waals surface area contributed by atoms with E-state index in [4.69, 9.17) is 92.8 Å². The van der Waals surface area contributed by atoms with Crippen LogP contribution in [0.4, 0.5) is 0 Å². The van der Waals surface area contributed by atoms with Crippen molar-refractivity contribution in [3.05, 3.63) is 178 Å². The van der Waals surface area contributed by atoms with Crippen LogP contribution in [0.15, 0.2) is 133 Å². The molecule has 0 N–H and O–H groups in total. The molecule has 0 saturated heterocycles. The van der Waals surface area contributed by atoms with Crippen molar-refractivity contribution in [2.24, 2.45) is 0 Å². The van der Waals surface area contributed by atoms with Gasteiger partial charge in [-0.1, -0.05) is 54.6 Å². The van der Waals surface area contributed by atoms with E-state index in [1.165, 1.54) is 42.5 Å². The summed E-state index contributed by atoms with van der Waals surface area (Å²) in [5, 5.41) is -2.59. The largest absolute Gasteiger partial charge is 0.276 e. The molecular formula is C42H22Cl8O8. The molecule has 6 aromatic carbocycles. The minimum absolute atomic E-state index is 0.267. The van der Waals surface area contributed by atoms with Gasteiger partial charge < -0.3 is 0 Å². The lowest BCUT2D eigenvalue weighted by Gasteiger charge is -2.03. The van der Waals surface area contributed by atoms with Crippen molar-refractivity contribution < 1.29 is 38.4 Å². The molecule has 0 fully saturated rings. The molecular weight excluding hydrogens is 916 g/mol. The lowest BCUT2D eigenvalue weighted by molar-refractivity contribution is 0.106. The fraction of sp³-hybridized carbons (Fsp3) is 0. The van der Waals surface area contributed by atoms with E-state index < -0.39 is 41.9 Å². The van der Waals surface area contributed by atoms with Gasteiger partial charge in [-0.05, 0) is 194 Å². The van der Waals surface area contributed by atoms with Gasteiger partial charge in [0, 0.05) is 44.5 Å². The van der Waals surface area contributed by atoms with Crippen LogP contribution in [0.3, 0.4) is 0 Å². The molecule has 0 aliphatic rings. The maximum Gasteiger partial charge on any atom is 0.252 e. The predicted molar refractivity (Wildman–Crippen MR) is 230 cm³/mol. The highest BCUT2D eigenvalue weighted by molar-refractivity contribution is 6.70. The highest BCUT2D eigenvalue weighted by atomic mass is 35.5. The maximum atomic E-state index is 11.0. The zero-order valence-electron chi connectivity index (χ0n) is 29.0. The zero-order chi connectivity index (χ0) is 43.1. The van der Waals surface area contributed by atoms with E-state index in [9.17, 15) is 38.4 Å². The summed E-state index contributed by atoms with van der Waals surface area (Å²) in [5.41, 5.74) is 4.86. The SMILES string of the molecule is O=C(Cl)c1ccc(-c2ccc(C(=O)Cl)cc2)cc1.O=C(Cl)c1ccc(C(=O)Cl)cc1.O=C(Cl)c1ccc2cc(C(=O)Cl)ccc2c1.O=C(Cl)c1cccc(C(=O)Cl)c1. The molecule has 0 aliphatic carbocycles. The van der Waals surface area contributed by atoms with Crippen LogP contribution >= 0.6 is 92.8 Å². The average Bonchev–Trinajstić information content (AvgIpc) is 3.21. The Labute approximate surface area is 370 Å². The summed E-state index contributed by atoms with van der Waals surface area (Å²) >= 11 is 42.2. The highest BCUT2D eigenvalue weighted by Gasteiger charge is 2.08.